The number of rotatable bonds is 7. The lowest BCUT2D eigenvalue weighted by atomic mass is 10.0. The number of benzene rings is 2. The van der Waals surface area contributed by atoms with Crippen molar-refractivity contribution < 1.29 is 19.1 Å². The fraction of sp³-hybridized carbons (Fsp3) is 0.348. The molecule has 0 radical (unpaired) electrons. The van der Waals surface area contributed by atoms with E-state index < -0.39 is 6.17 Å². The average molecular weight is 407 g/mol. The number of fused-ring (bicyclic) bond motifs is 5. The van der Waals surface area contributed by atoms with Gasteiger partial charge in [0.1, 0.15) is 12.7 Å². The summed E-state index contributed by atoms with van der Waals surface area (Å²) in [6.45, 7) is 4.83. The first kappa shape index (κ1) is 20.1. The molecule has 2 aliphatic rings. The second-order valence-electron chi connectivity index (χ2n) is 7.71. The fourth-order valence-corrected chi connectivity index (χ4v) is 3.96. The SMILES string of the molecule is CC(C)OCCCNC(=O)CN1C(=O)c2ccccc2N2C(=O)c3ccccc3[C@@H]12. The van der Waals surface area contributed by atoms with Gasteiger partial charge in [-0.25, -0.2) is 0 Å². The van der Waals surface area contributed by atoms with Gasteiger partial charge in [0.2, 0.25) is 5.91 Å². The molecule has 30 heavy (non-hydrogen) atoms. The van der Waals surface area contributed by atoms with Crippen molar-refractivity contribution in [3.63, 3.8) is 0 Å². The minimum atomic E-state index is -0.619. The molecular weight excluding hydrogens is 382 g/mol. The van der Waals surface area contributed by atoms with Crippen LogP contribution in [0.15, 0.2) is 48.5 Å². The molecule has 0 spiro atoms. The van der Waals surface area contributed by atoms with Gasteiger partial charge in [-0.2, -0.15) is 0 Å². The molecule has 3 amide bonds. The summed E-state index contributed by atoms with van der Waals surface area (Å²) >= 11 is 0. The number of hydrogen-bond donors (Lipinski definition) is 1. The van der Waals surface area contributed by atoms with Gasteiger partial charge in [-0.15, -0.1) is 0 Å². The van der Waals surface area contributed by atoms with Crippen LogP contribution < -0.4 is 10.2 Å². The number of carbonyl (C=O) groups excluding carboxylic acids is 3. The van der Waals surface area contributed by atoms with Crippen LogP contribution >= 0.6 is 0 Å². The molecular formula is C23H25N3O4. The topological polar surface area (TPSA) is 79.0 Å². The summed E-state index contributed by atoms with van der Waals surface area (Å²) in [4.78, 5) is 42.0. The Balaban J connectivity index is 1.56. The van der Waals surface area contributed by atoms with Gasteiger partial charge in [0.25, 0.3) is 11.8 Å². The molecule has 4 rings (SSSR count). The van der Waals surface area contributed by atoms with E-state index in [1.807, 2.05) is 26.0 Å². The highest BCUT2D eigenvalue weighted by Gasteiger charge is 2.47. The molecule has 0 bridgehead atoms. The van der Waals surface area contributed by atoms with Crippen molar-refractivity contribution in [3.05, 3.63) is 65.2 Å². The van der Waals surface area contributed by atoms with Crippen molar-refractivity contribution in [3.8, 4) is 0 Å². The number of hydrogen-bond acceptors (Lipinski definition) is 4. The largest absolute Gasteiger partial charge is 0.379 e. The molecule has 7 nitrogen and oxygen atoms in total. The van der Waals surface area contributed by atoms with Crippen LogP contribution in [-0.2, 0) is 9.53 Å². The van der Waals surface area contributed by atoms with E-state index in [4.69, 9.17) is 4.74 Å². The minimum absolute atomic E-state index is 0.124. The Morgan fingerprint density at radius 2 is 1.73 bits per heavy atom. The molecule has 0 saturated heterocycles. The van der Waals surface area contributed by atoms with E-state index in [9.17, 15) is 14.4 Å². The molecule has 0 saturated carbocycles. The highest BCUT2D eigenvalue weighted by atomic mass is 16.5. The van der Waals surface area contributed by atoms with Crippen molar-refractivity contribution in [1.29, 1.82) is 0 Å². The number of anilines is 1. The number of carbonyl (C=O) groups is 3. The summed E-state index contributed by atoms with van der Waals surface area (Å²) in [6, 6.07) is 14.3. The van der Waals surface area contributed by atoms with Crippen LogP contribution in [-0.4, -0.2) is 48.4 Å². The van der Waals surface area contributed by atoms with Crippen LogP contribution in [0.1, 0.15) is 52.7 Å². The fourth-order valence-electron chi connectivity index (χ4n) is 3.96. The molecule has 2 aromatic carbocycles. The lowest BCUT2D eigenvalue weighted by molar-refractivity contribution is -0.122. The van der Waals surface area contributed by atoms with Crippen LogP contribution in [0.2, 0.25) is 0 Å². The lowest BCUT2D eigenvalue weighted by Crippen LogP contribution is -2.51. The predicted molar refractivity (Wildman–Crippen MR) is 112 cm³/mol. The van der Waals surface area contributed by atoms with Crippen LogP contribution in [0.3, 0.4) is 0 Å². The summed E-state index contributed by atoms with van der Waals surface area (Å²) in [5, 5.41) is 2.85. The summed E-state index contributed by atoms with van der Waals surface area (Å²) in [5.74, 6) is -0.675. The Hall–Kier alpha value is -3.19. The summed E-state index contributed by atoms with van der Waals surface area (Å²) < 4.78 is 5.48. The number of ether oxygens (including phenoxy) is 1. The predicted octanol–water partition coefficient (Wildman–Crippen LogP) is 2.73. The van der Waals surface area contributed by atoms with E-state index in [-0.39, 0.29) is 30.4 Å². The van der Waals surface area contributed by atoms with E-state index in [1.165, 1.54) is 4.90 Å². The van der Waals surface area contributed by atoms with Crippen molar-refractivity contribution in [2.24, 2.45) is 0 Å². The minimum Gasteiger partial charge on any atom is -0.379 e. The Morgan fingerprint density at radius 3 is 2.50 bits per heavy atom. The summed E-state index contributed by atoms with van der Waals surface area (Å²) in [6.07, 6.45) is 0.223. The van der Waals surface area contributed by atoms with Gasteiger partial charge in [0.15, 0.2) is 0 Å². The van der Waals surface area contributed by atoms with Crippen molar-refractivity contribution in [2.45, 2.75) is 32.5 Å². The average Bonchev–Trinajstić information content (AvgIpc) is 3.03. The Kier molecular flexibility index (Phi) is 5.55. The molecule has 1 N–H and O–H groups in total. The number of nitrogens with zero attached hydrogens (tertiary/aromatic N) is 2. The molecule has 2 heterocycles. The number of nitrogens with one attached hydrogen (secondary N) is 1. The normalized spacial score (nSPS) is 17.1. The van der Waals surface area contributed by atoms with E-state index in [2.05, 4.69) is 5.32 Å². The zero-order valence-electron chi connectivity index (χ0n) is 17.1. The maximum absolute atomic E-state index is 13.3. The highest BCUT2D eigenvalue weighted by molar-refractivity contribution is 6.17. The number of para-hydroxylation sites is 1. The first-order chi connectivity index (χ1) is 14.5. The van der Waals surface area contributed by atoms with Crippen LogP contribution in [0.4, 0.5) is 5.69 Å². The summed E-state index contributed by atoms with van der Waals surface area (Å²) in [7, 11) is 0. The highest BCUT2D eigenvalue weighted by Crippen LogP contribution is 2.44. The standard InChI is InChI=1S/C23H25N3O4/c1-15(2)30-13-7-12-24-20(27)14-25-21-16-8-3-4-9-17(16)23(29)26(21)19-11-6-5-10-18(19)22(25)28/h3-6,8-11,15,21H,7,12-14H2,1-2H3,(H,24,27)/t21-/m0/s1. The van der Waals surface area contributed by atoms with Crippen molar-refractivity contribution >= 4 is 23.4 Å². The van der Waals surface area contributed by atoms with Crippen LogP contribution in [0, 0.1) is 0 Å². The van der Waals surface area contributed by atoms with Crippen LogP contribution in [0.25, 0.3) is 0 Å². The maximum atomic E-state index is 13.3. The van der Waals surface area contributed by atoms with Gasteiger partial charge in [0, 0.05) is 24.3 Å². The molecule has 0 unspecified atom stereocenters. The second kappa shape index (κ2) is 8.28. The Bertz CT molecular complexity index is 988. The first-order valence-corrected chi connectivity index (χ1v) is 10.2. The van der Waals surface area contributed by atoms with Crippen molar-refractivity contribution in [2.75, 3.05) is 24.6 Å². The third kappa shape index (κ3) is 3.57. The monoisotopic (exact) mass is 407 g/mol. The van der Waals surface area contributed by atoms with Gasteiger partial charge in [-0.3, -0.25) is 19.3 Å². The van der Waals surface area contributed by atoms with Gasteiger partial charge >= 0.3 is 0 Å². The van der Waals surface area contributed by atoms with E-state index in [0.717, 1.165) is 5.56 Å². The molecule has 7 heteroatoms. The third-order valence-electron chi connectivity index (χ3n) is 5.29. The van der Waals surface area contributed by atoms with Crippen LogP contribution in [0.5, 0.6) is 0 Å². The quantitative estimate of drug-likeness (QED) is 0.716. The zero-order valence-corrected chi connectivity index (χ0v) is 17.1. The number of amides is 3. The lowest BCUT2D eigenvalue weighted by Gasteiger charge is -2.40. The summed E-state index contributed by atoms with van der Waals surface area (Å²) in [5.41, 5.74) is 2.30. The molecule has 2 aliphatic heterocycles. The Morgan fingerprint density at radius 1 is 1.03 bits per heavy atom. The molecule has 156 valence electrons. The van der Waals surface area contributed by atoms with Gasteiger partial charge in [-0.1, -0.05) is 30.3 Å². The molecule has 0 aromatic heterocycles. The Labute approximate surface area is 175 Å². The van der Waals surface area contributed by atoms with E-state index in [1.54, 1.807) is 41.3 Å². The molecule has 0 aliphatic carbocycles. The zero-order chi connectivity index (χ0) is 21.3. The smallest absolute Gasteiger partial charge is 0.260 e. The molecule has 1 atom stereocenters. The van der Waals surface area contributed by atoms with Crippen molar-refractivity contribution in [1.82, 2.24) is 10.2 Å². The third-order valence-corrected chi connectivity index (χ3v) is 5.29. The maximum Gasteiger partial charge on any atom is 0.260 e. The first-order valence-electron chi connectivity index (χ1n) is 10.2. The second-order valence-corrected chi connectivity index (χ2v) is 7.71. The van der Waals surface area contributed by atoms with Gasteiger partial charge in [-0.05, 0) is 38.5 Å². The van der Waals surface area contributed by atoms with E-state index >= 15 is 0 Å². The molecule has 2 aromatic rings. The van der Waals surface area contributed by atoms with Gasteiger partial charge in [0.05, 0.1) is 17.4 Å². The van der Waals surface area contributed by atoms with E-state index in [0.29, 0.717) is 36.4 Å². The van der Waals surface area contributed by atoms with Gasteiger partial charge < -0.3 is 15.0 Å². The molecule has 0 fully saturated rings.